The van der Waals surface area contributed by atoms with E-state index in [1.165, 1.54) is 0 Å². The number of nitrogens with one attached hydrogen (secondary N) is 1. The first-order valence-electron chi connectivity index (χ1n) is 8.97. The fraction of sp³-hybridized carbons (Fsp3) is 0.421. The molecule has 0 fully saturated rings. The van der Waals surface area contributed by atoms with Gasteiger partial charge in [-0.2, -0.15) is 0 Å². The maximum Gasteiger partial charge on any atom is 0.326 e. The van der Waals surface area contributed by atoms with Gasteiger partial charge in [-0.05, 0) is 57.9 Å². The molecule has 0 bridgehead atoms. The monoisotopic (exact) mass is 409 g/mol. The van der Waals surface area contributed by atoms with Gasteiger partial charge in [0.15, 0.2) is 11.4 Å². The number of amides is 1. The van der Waals surface area contributed by atoms with Crippen LogP contribution in [-0.4, -0.2) is 45.8 Å². The first kappa shape index (κ1) is 21.7. The van der Waals surface area contributed by atoms with Gasteiger partial charge in [0.2, 0.25) is 0 Å². The zero-order valence-corrected chi connectivity index (χ0v) is 16.5. The molecule has 5 N–H and O–H groups in total. The smallest absolute Gasteiger partial charge is 0.326 e. The molecule has 0 radical (unpaired) electrons. The minimum Gasteiger partial charge on any atom is -0.505 e. The summed E-state index contributed by atoms with van der Waals surface area (Å²) in [5, 5.41) is 23.0. The highest BCUT2D eigenvalue weighted by Crippen LogP contribution is 2.34. The second-order valence-corrected chi connectivity index (χ2v) is 6.98. The van der Waals surface area contributed by atoms with Crippen molar-refractivity contribution in [3.05, 3.63) is 29.0 Å². The lowest BCUT2D eigenvalue weighted by molar-refractivity contribution is -0.139. The quantitative estimate of drug-likeness (QED) is 0.369. The lowest BCUT2D eigenvalue weighted by Gasteiger charge is -2.16. The van der Waals surface area contributed by atoms with Gasteiger partial charge in [0.25, 0.3) is 5.91 Å². The molecule has 1 amide bonds. The van der Waals surface area contributed by atoms with E-state index in [-0.39, 0.29) is 23.4 Å². The number of ether oxygens (including phenoxy) is 1. The minimum absolute atomic E-state index is 0.0176. The van der Waals surface area contributed by atoms with E-state index in [4.69, 9.17) is 22.1 Å². The number of pyridine rings is 1. The lowest BCUT2D eigenvalue weighted by atomic mass is 10.1. The molecule has 0 aliphatic carbocycles. The van der Waals surface area contributed by atoms with E-state index >= 15 is 0 Å². The molecule has 152 valence electrons. The molecule has 2 aromatic rings. The third-order valence-electron chi connectivity index (χ3n) is 4.04. The summed E-state index contributed by atoms with van der Waals surface area (Å²) >= 11 is 6.16. The van der Waals surface area contributed by atoms with Crippen molar-refractivity contribution in [2.24, 2.45) is 5.73 Å². The van der Waals surface area contributed by atoms with E-state index in [0.29, 0.717) is 35.9 Å². The van der Waals surface area contributed by atoms with Crippen molar-refractivity contribution in [2.45, 2.75) is 45.3 Å². The third kappa shape index (κ3) is 5.24. The van der Waals surface area contributed by atoms with Crippen LogP contribution in [0.15, 0.2) is 18.2 Å². The van der Waals surface area contributed by atoms with E-state index in [0.717, 1.165) is 0 Å². The van der Waals surface area contributed by atoms with Crippen LogP contribution >= 0.6 is 11.6 Å². The number of unbranched alkanes of at least 4 members (excludes halogenated alkanes) is 1. The Bertz CT molecular complexity index is 872. The highest BCUT2D eigenvalue weighted by atomic mass is 35.5. The van der Waals surface area contributed by atoms with Crippen LogP contribution in [0.25, 0.3) is 10.8 Å². The van der Waals surface area contributed by atoms with Gasteiger partial charge in [0.05, 0.1) is 6.10 Å². The number of aromatic nitrogens is 1. The summed E-state index contributed by atoms with van der Waals surface area (Å²) in [6, 6.07) is 3.76. The number of nitrogens with two attached hydrogens (primary N) is 1. The number of carboxylic acid groups (broad SMARTS) is 1. The van der Waals surface area contributed by atoms with Gasteiger partial charge >= 0.3 is 5.97 Å². The number of carboxylic acids is 1. The average Bonchev–Trinajstić information content (AvgIpc) is 2.63. The van der Waals surface area contributed by atoms with Crippen LogP contribution in [0.5, 0.6) is 11.5 Å². The van der Waals surface area contributed by atoms with Crippen molar-refractivity contribution >= 4 is 34.2 Å². The minimum atomic E-state index is -1.18. The zero-order valence-electron chi connectivity index (χ0n) is 15.7. The SMILES string of the molecule is CC(C)Oc1ccc2c(Cl)nc(C(=O)N[C@H](CCCCN)C(=O)O)c(O)c2c1. The highest BCUT2D eigenvalue weighted by molar-refractivity contribution is 6.35. The number of benzene rings is 1. The molecule has 1 heterocycles. The fourth-order valence-corrected chi connectivity index (χ4v) is 2.97. The number of halogens is 1. The molecule has 2 rings (SSSR count). The van der Waals surface area contributed by atoms with Crippen LogP contribution < -0.4 is 15.8 Å². The zero-order chi connectivity index (χ0) is 20.8. The molecule has 0 unspecified atom stereocenters. The standard InChI is InChI=1S/C19H24ClN3O5/c1-10(2)28-11-6-7-12-13(9-11)16(24)15(23-17(12)20)18(25)22-14(19(26)27)5-3-4-8-21/h6-7,9-10,14,24H,3-5,8,21H2,1-2H3,(H,22,25)(H,26,27)/t14-/m1/s1. The van der Waals surface area contributed by atoms with Crippen LogP contribution in [0.1, 0.15) is 43.6 Å². The van der Waals surface area contributed by atoms with Crippen molar-refractivity contribution in [3.8, 4) is 11.5 Å². The summed E-state index contributed by atoms with van der Waals surface area (Å²) in [6.07, 6.45) is 1.32. The van der Waals surface area contributed by atoms with Gasteiger partial charge in [-0.3, -0.25) is 4.79 Å². The Labute approximate surface area is 167 Å². The summed E-state index contributed by atoms with van der Waals surface area (Å²) < 4.78 is 5.61. The highest BCUT2D eigenvalue weighted by Gasteiger charge is 2.24. The average molecular weight is 410 g/mol. The van der Waals surface area contributed by atoms with Gasteiger partial charge in [0, 0.05) is 10.8 Å². The summed E-state index contributed by atoms with van der Waals surface area (Å²) in [6.45, 7) is 4.15. The van der Waals surface area contributed by atoms with Gasteiger partial charge in [-0.25, -0.2) is 9.78 Å². The molecule has 1 aromatic carbocycles. The number of rotatable bonds is 9. The summed E-state index contributed by atoms with van der Waals surface area (Å²) in [5.41, 5.74) is 5.07. The number of carbonyl (C=O) groups is 2. The van der Waals surface area contributed by atoms with E-state index in [2.05, 4.69) is 10.3 Å². The van der Waals surface area contributed by atoms with E-state index in [1.54, 1.807) is 18.2 Å². The van der Waals surface area contributed by atoms with Gasteiger partial charge < -0.3 is 26.0 Å². The Morgan fingerprint density at radius 1 is 1.29 bits per heavy atom. The molecule has 0 aliphatic heterocycles. The molecule has 1 atom stereocenters. The van der Waals surface area contributed by atoms with Crippen molar-refractivity contribution in [2.75, 3.05) is 6.54 Å². The van der Waals surface area contributed by atoms with E-state index in [1.807, 2.05) is 13.8 Å². The molecule has 1 aromatic heterocycles. The maximum absolute atomic E-state index is 12.6. The predicted molar refractivity (Wildman–Crippen MR) is 106 cm³/mol. The molecule has 0 spiro atoms. The van der Waals surface area contributed by atoms with Crippen molar-refractivity contribution in [3.63, 3.8) is 0 Å². The van der Waals surface area contributed by atoms with Crippen LogP contribution in [0.4, 0.5) is 0 Å². The Kier molecular flexibility index (Phi) is 7.42. The van der Waals surface area contributed by atoms with Gasteiger partial charge in [-0.15, -0.1) is 0 Å². The van der Waals surface area contributed by atoms with Crippen LogP contribution in [0.3, 0.4) is 0 Å². The molecule has 8 nitrogen and oxygen atoms in total. The van der Waals surface area contributed by atoms with Crippen molar-refractivity contribution in [1.29, 1.82) is 0 Å². The third-order valence-corrected chi connectivity index (χ3v) is 4.33. The van der Waals surface area contributed by atoms with E-state index < -0.39 is 23.7 Å². The van der Waals surface area contributed by atoms with Crippen LogP contribution in [-0.2, 0) is 4.79 Å². The number of fused-ring (bicyclic) bond motifs is 1. The second-order valence-electron chi connectivity index (χ2n) is 6.62. The number of carbonyl (C=O) groups excluding carboxylic acids is 1. The number of aromatic hydroxyl groups is 1. The first-order chi connectivity index (χ1) is 13.2. The Morgan fingerprint density at radius 3 is 2.61 bits per heavy atom. The summed E-state index contributed by atoms with van der Waals surface area (Å²) in [5.74, 6) is -1.89. The lowest BCUT2D eigenvalue weighted by Crippen LogP contribution is -2.41. The number of hydrogen-bond acceptors (Lipinski definition) is 6. The molecule has 0 saturated carbocycles. The second kappa shape index (κ2) is 9.57. The topological polar surface area (TPSA) is 135 Å². The number of aliphatic carboxylic acids is 1. The molecular formula is C19H24ClN3O5. The summed E-state index contributed by atoms with van der Waals surface area (Å²) in [4.78, 5) is 27.9. The van der Waals surface area contributed by atoms with Crippen LogP contribution in [0.2, 0.25) is 5.15 Å². The predicted octanol–water partition coefficient (Wildman–Crippen LogP) is 2.69. The Morgan fingerprint density at radius 2 is 2.00 bits per heavy atom. The first-order valence-corrected chi connectivity index (χ1v) is 9.35. The Balaban J connectivity index is 2.35. The van der Waals surface area contributed by atoms with Crippen molar-refractivity contribution < 1.29 is 24.5 Å². The molecule has 28 heavy (non-hydrogen) atoms. The van der Waals surface area contributed by atoms with Crippen LogP contribution in [0, 0.1) is 0 Å². The molecular weight excluding hydrogens is 386 g/mol. The van der Waals surface area contributed by atoms with Gasteiger partial charge in [-0.1, -0.05) is 11.6 Å². The number of nitrogens with zero attached hydrogens (tertiary/aromatic N) is 1. The summed E-state index contributed by atoms with van der Waals surface area (Å²) in [7, 11) is 0. The fourth-order valence-electron chi connectivity index (χ4n) is 2.72. The molecule has 9 heteroatoms. The van der Waals surface area contributed by atoms with E-state index in [9.17, 15) is 19.8 Å². The maximum atomic E-state index is 12.6. The van der Waals surface area contributed by atoms with Gasteiger partial charge in [0.1, 0.15) is 16.9 Å². The molecule has 0 aliphatic rings. The largest absolute Gasteiger partial charge is 0.505 e. The molecule has 0 saturated heterocycles. The Hall–Kier alpha value is -2.58. The van der Waals surface area contributed by atoms with Crippen molar-refractivity contribution in [1.82, 2.24) is 10.3 Å². The number of hydrogen-bond donors (Lipinski definition) is 4. The normalized spacial score (nSPS) is 12.2.